The minimum absolute atomic E-state index is 0.0355. The molecule has 0 aliphatic heterocycles. The number of rotatable bonds is 6. The molecule has 0 unspecified atom stereocenters. The van der Waals surface area contributed by atoms with Crippen LogP contribution in [-0.4, -0.2) is 5.91 Å². The predicted octanol–water partition coefficient (Wildman–Crippen LogP) is 5.30. The molecule has 3 aromatic rings. The molecule has 0 saturated carbocycles. The molecule has 1 amide bonds. The summed E-state index contributed by atoms with van der Waals surface area (Å²) in [6.07, 6.45) is 1.50. The average molecular weight is 407 g/mol. The van der Waals surface area contributed by atoms with Crippen molar-refractivity contribution in [3.63, 3.8) is 0 Å². The Balaban J connectivity index is 1.81. The Bertz CT molecular complexity index is 1230. The largest absolute Gasteiger partial charge is 0.488 e. The first-order valence-corrected chi connectivity index (χ1v) is 9.72. The number of aryl methyl sites for hydroxylation is 2. The maximum absolute atomic E-state index is 12.6. The van der Waals surface area contributed by atoms with Gasteiger partial charge >= 0.3 is 0 Å². The molecule has 0 saturated heterocycles. The lowest BCUT2D eigenvalue weighted by molar-refractivity contribution is -0.112. The molecule has 0 aromatic heterocycles. The van der Waals surface area contributed by atoms with E-state index in [2.05, 4.69) is 11.4 Å². The number of hydrogen-bond acceptors (Lipinski definition) is 4. The van der Waals surface area contributed by atoms with Crippen molar-refractivity contribution in [2.45, 2.75) is 20.5 Å². The van der Waals surface area contributed by atoms with E-state index in [0.717, 1.165) is 16.7 Å². The van der Waals surface area contributed by atoms with Crippen molar-refractivity contribution in [1.82, 2.24) is 0 Å². The third kappa shape index (κ3) is 5.38. The monoisotopic (exact) mass is 407 g/mol. The van der Waals surface area contributed by atoms with E-state index in [-0.39, 0.29) is 12.2 Å². The van der Waals surface area contributed by atoms with Crippen LogP contribution in [0.25, 0.3) is 6.08 Å². The van der Waals surface area contributed by atoms with Crippen LogP contribution in [0.3, 0.4) is 0 Å². The van der Waals surface area contributed by atoms with Crippen molar-refractivity contribution in [3.8, 4) is 17.9 Å². The summed E-state index contributed by atoms with van der Waals surface area (Å²) in [5.74, 6) is 0.0253. The zero-order valence-corrected chi connectivity index (χ0v) is 17.3. The topological polar surface area (TPSA) is 85.9 Å². The van der Waals surface area contributed by atoms with Gasteiger partial charge in [0.25, 0.3) is 5.91 Å². The molecule has 0 aliphatic rings. The van der Waals surface area contributed by atoms with Crippen LogP contribution in [0.1, 0.15) is 27.8 Å². The number of carbonyl (C=O) groups is 1. The van der Waals surface area contributed by atoms with Crippen LogP contribution in [-0.2, 0) is 11.4 Å². The van der Waals surface area contributed by atoms with E-state index in [4.69, 9.17) is 4.74 Å². The number of para-hydroxylation sites is 1. The normalized spacial score (nSPS) is 10.6. The van der Waals surface area contributed by atoms with E-state index in [0.29, 0.717) is 22.6 Å². The highest BCUT2D eigenvalue weighted by Crippen LogP contribution is 2.23. The van der Waals surface area contributed by atoms with Gasteiger partial charge in [-0.1, -0.05) is 42.5 Å². The Morgan fingerprint density at radius 3 is 2.48 bits per heavy atom. The molecule has 0 bridgehead atoms. The van der Waals surface area contributed by atoms with Crippen molar-refractivity contribution in [2.75, 3.05) is 5.32 Å². The fraction of sp³-hybridized carbons (Fsp3) is 0.115. The lowest BCUT2D eigenvalue weighted by Gasteiger charge is -2.11. The molecule has 31 heavy (non-hydrogen) atoms. The predicted molar refractivity (Wildman–Crippen MR) is 120 cm³/mol. The standard InChI is InChI=1S/C26H21N3O2/c1-18-11-12-24(13-19(18)2)29-26(30)23(16-28)14-20-7-5-6-10-25(20)31-17-22-9-4-3-8-21(22)15-27/h3-14H,17H2,1-2H3,(H,29,30)/b23-14+. The van der Waals surface area contributed by atoms with Gasteiger partial charge in [0, 0.05) is 16.8 Å². The number of nitrogens with zero attached hydrogens (tertiary/aromatic N) is 2. The smallest absolute Gasteiger partial charge is 0.266 e. The SMILES string of the molecule is Cc1ccc(NC(=O)/C(C#N)=C/c2ccccc2OCc2ccccc2C#N)cc1C. The molecule has 0 fully saturated rings. The van der Waals surface area contributed by atoms with E-state index in [1.165, 1.54) is 6.08 Å². The fourth-order valence-electron chi connectivity index (χ4n) is 2.96. The van der Waals surface area contributed by atoms with Gasteiger partial charge in [-0.3, -0.25) is 4.79 Å². The van der Waals surface area contributed by atoms with Crippen molar-refractivity contribution >= 4 is 17.7 Å². The molecule has 0 atom stereocenters. The summed E-state index contributed by atoms with van der Waals surface area (Å²) in [5.41, 5.74) is 4.68. The van der Waals surface area contributed by atoms with Crippen molar-refractivity contribution < 1.29 is 9.53 Å². The Hall–Kier alpha value is -4.35. The van der Waals surface area contributed by atoms with Gasteiger partial charge in [-0.15, -0.1) is 0 Å². The second kappa shape index (κ2) is 9.91. The van der Waals surface area contributed by atoms with Gasteiger partial charge in [-0.2, -0.15) is 10.5 Å². The summed E-state index contributed by atoms with van der Waals surface area (Å²) in [7, 11) is 0. The third-order valence-electron chi connectivity index (χ3n) is 4.87. The van der Waals surface area contributed by atoms with E-state index in [9.17, 15) is 15.3 Å². The summed E-state index contributed by atoms with van der Waals surface area (Å²) >= 11 is 0. The Labute approximate surface area is 181 Å². The van der Waals surface area contributed by atoms with E-state index >= 15 is 0 Å². The zero-order chi connectivity index (χ0) is 22.2. The summed E-state index contributed by atoms with van der Waals surface area (Å²) in [6, 6.07) is 24.0. The maximum Gasteiger partial charge on any atom is 0.266 e. The molecular formula is C26H21N3O2. The van der Waals surface area contributed by atoms with Crippen LogP contribution >= 0.6 is 0 Å². The van der Waals surface area contributed by atoms with Crippen LogP contribution in [0.4, 0.5) is 5.69 Å². The Morgan fingerprint density at radius 2 is 1.74 bits per heavy atom. The average Bonchev–Trinajstić information content (AvgIpc) is 2.79. The van der Waals surface area contributed by atoms with Gasteiger partial charge in [0.15, 0.2) is 0 Å². The highest BCUT2D eigenvalue weighted by atomic mass is 16.5. The van der Waals surface area contributed by atoms with Gasteiger partial charge < -0.3 is 10.1 Å². The molecule has 3 aromatic carbocycles. The highest BCUT2D eigenvalue weighted by molar-refractivity contribution is 6.09. The second-order valence-electron chi connectivity index (χ2n) is 7.02. The van der Waals surface area contributed by atoms with Gasteiger partial charge in [0.05, 0.1) is 11.6 Å². The number of benzene rings is 3. The number of anilines is 1. The number of carbonyl (C=O) groups excluding carboxylic acids is 1. The second-order valence-corrected chi connectivity index (χ2v) is 7.02. The summed E-state index contributed by atoms with van der Waals surface area (Å²) in [5, 5.41) is 21.6. The lowest BCUT2D eigenvalue weighted by Crippen LogP contribution is -2.13. The Morgan fingerprint density at radius 1 is 1.00 bits per heavy atom. The summed E-state index contributed by atoms with van der Waals surface area (Å²) < 4.78 is 5.90. The van der Waals surface area contributed by atoms with E-state index in [1.807, 2.05) is 50.2 Å². The Kier molecular flexibility index (Phi) is 6.83. The molecule has 5 nitrogen and oxygen atoms in total. The van der Waals surface area contributed by atoms with Gasteiger partial charge in [0.1, 0.15) is 24.0 Å². The third-order valence-corrected chi connectivity index (χ3v) is 4.87. The minimum atomic E-state index is -0.490. The summed E-state index contributed by atoms with van der Waals surface area (Å²) in [6.45, 7) is 4.16. The molecule has 0 spiro atoms. The number of hydrogen-bond donors (Lipinski definition) is 1. The fourth-order valence-corrected chi connectivity index (χ4v) is 2.96. The van der Waals surface area contributed by atoms with E-state index < -0.39 is 5.91 Å². The van der Waals surface area contributed by atoms with Gasteiger partial charge in [-0.05, 0) is 55.3 Å². The molecular weight excluding hydrogens is 386 g/mol. The van der Waals surface area contributed by atoms with Crippen LogP contribution in [0.2, 0.25) is 0 Å². The number of amides is 1. The molecule has 0 heterocycles. The first kappa shape index (κ1) is 21.4. The van der Waals surface area contributed by atoms with Crippen LogP contribution in [0, 0.1) is 36.5 Å². The molecule has 0 radical (unpaired) electrons. The number of nitrogens with one attached hydrogen (secondary N) is 1. The molecule has 0 aliphatic carbocycles. The first-order chi connectivity index (χ1) is 15.0. The van der Waals surface area contributed by atoms with Crippen LogP contribution in [0.15, 0.2) is 72.3 Å². The van der Waals surface area contributed by atoms with Crippen LogP contribution < -0.4 is 10.1 Å². The van der Waals surface area contributed by atoms with Gasteiger partial charge in [-0.25, -0.2) is 0 Å². The highest BCUT2D eigenvalue weighted by Gasteiger charge is 2.12. The van der Waals surface area contributed by atoms with Crippen LogP contribution in [0.5, 0.6) is 5.75 Å². The summed E-state index contributed by atoms with van der Waals surface area (Å²) in [4.78, 5) is 12.6. The van der Waals surface area contributed by atoms with E-state index in [1.54, 1.807) is 36.4 Å². The minimum Gasteiger partial charge on any atom is -0.488 e. The lowest BCUT2D eigenvalue weighted by atomic mass is 10.1. The number of ether oxygens (including phenoxy) is 1. The molecule has 5 heteroatoms. The van der Waals surface area contributed by atoms with Crippen molar-refractivity contribution in [2.24, 2.45) is 0 Å². The molecule has 1 N–H and O–H groups in total. The van der Waals surface area contributed by atoms with Gasteiger partial charge in [0.2, 0.25) is 0 Å². The number of nitriles is 2. The molecule has 152 valence electrons. The van der Waals surface area contributed by atoms with Crippen molar-refractivity contribution in [3.05, 3.63) is 100 Å². The first-order valence-electron chi connectivity index (χ1n) is 9.72. The zero-order valence-electron chi connectivity index (χ0n) is 17.3. The van der Waals surface area contributed by atoms with Crippen molar-refractivity contribution in [1.29, 1.82) is 10.5 Å². The quantitative estimate of drug-likeness (QED) is 0.444. The maximum atomic E-state index is 12.6. The molecule has 3 rings (SSSR count).